The molecular weight excluding hydrogens is 140 g/mol. The Labute approximate surface area is 68.0 Å². The molecule has 0 bridgehead atoms. The molecule has 0 saturated carbocycles. The Balaban J connectivity index is 3.60. The maximum absolute atomic E-state index is 11.0. The van der Waals surface area contributed by atoms with E-state index in [-0.39, 0.29) is 5.78 Å². The van der Waals surface area contributed by atoms with E-state index < -0.39 is 5.92 Å². The van der Waals surface area contributed by atoms with Crippen molar-refractivity contribution in [3.05, 3.63) is 0 Å². The van der Waals surface area contributed by atoms with Crippen molar-refractivity contribution < 1.29 is 9.59 Å². The molecule has 1 unspecified atom stereocenters. The van der Waals surface area contributed by atoms with Gasteiger partial charge in [-0.25, -0.2) is 0 Å². The quantitative estimate of drug-likeness (QED) is 0.449. The maximum atomic E-state index is 11.0. The molecule has 0 aliphatic heterocycles. The first-order valence-corrected chi connectivity index (χ1v) is 4.06. The van der Waals surface area contributed by atoms with Crippen LogP contribution in [0.3, 0.4) is 0 Å². The Kier molecular flexibility index (Phi) is 4.75. The van der Waals surface area contributed by atoms with Gasteiger partial charge in [-0.15, -0.1) is 0 Å². The lowest BCUT2D eigenvalue weighted by Gasteiger charge is -2.04. The minimum absolute atomic E-state index is 0.0636. The summed E-state index contributed by atoms with van der Waals surface area (Å²) < 4.78 is 0. The second-order valence-electron chi connectivity index (χ2n) is 3.32. The molecule has 0 saturated heterocycles. The maximum Gasteiger partial charge on any atom is 0.142 e. The molecule has 0 aliphatic carbocycles. The zero-order valence-corrected chi connectivity index (χ0v) is 7.46. The summed E-state index contributed by atoms with van der Waals surface area (Å²) in [7, 11) is 0. The van der Waals surface area contributed by atoms with Gasteiger partial charge in [-0.05, 0) is 19.3 Å². The van der Waals surface area contributed by atoms with Crippen LogP contribution in [0, 0.1) is 11.8 Å². The van der Waals surface area contributed by atoms with Gasteiger partial charge in [-0.2, -0.15) is 0 Å². The first kappa shape index (κ1) is 10.3. The van der Waals surface area contributed by atoms with Gasteiger partial charge < -0.3 is 4.79 Å². The number of hydrogen-bond acceptors (Lipinski definition) is 2. The minimum atomic E-state index is -0.409. The molecule has 0 aromatic rings. The summed E-state index contributed by atoms with van der Waals surface area (Å²) >= 11 is 0. The molecule has 1 atom stereocenters. The minimum Gasteiger partial charge on any atom is -0.303 e. The molecule has 64 valence electrons. The van der Waals surface area contributed by atoms with E-state index in [1.807, 2.05) is 0 Å². The summed E-state index contributed by atoms with van der Waals surface area (Å²) in [4.78, 5) is 21.2. The highest BCUT2D eigenvalue weighted by atomic mass is 16.1. The van der Waals surface area contributed by atoms with Gasteiger partial charge >= 0.3 is 0 Å². The van der Waals surface area contributed by atoms with Crippen LogP contribution in [0.2, 0.25) is 0 Å². The molecule has 2 nitrogen and oxygen atoms in total. The van der Waals surface area contributed by atoms with Crippen molar-refractivity contribution in [2.75, 3.05) is 0 Å². The number of Topliss-reactive ketones (excluding diaryl/α,β-unsaturated/α-hetero) is 1. The van der Waals surface area contributed by atoms with Gasteiger partial charge in [0.1, 0.15) is 12.1 Å². The van der Waals surface area contributed by atoms with E-state index in [1.165, 1.54) is 0 Å². The Morgan fingerprint density at radius 3 is 2.27 bits per heavy atom. The van der Waals surface area contributed by atoms with Gasteiger partial charge in [0.25, 0.3) is 0 Å². The van der Waals surface area contributed by atoms with Crippen molar-refractivity contribution in [2.24, 2.45) is 11.8 Å². The number of aldehydes is 1. The van der Waals surface area contributed by atoms with E-state index >= 15 is 0 Å². The fraction of sp³-hybridized carbons (Fsp3) is 0.778. The summed E-state index contributed by atoms with van der Waals surface area (Å²) in [5.74, 6) is 0.195. The average Bonchev–Trinajstić information content (AvgIpc) is 1.98. The lowest BCUT2D eigenvalue weighted by molar-refractivity contribution is -0.126. The van der Waals surface area contributed by atoms with Crippen LogP contribution in [0.25, 0.3) is 0 Å². The van der Waals surface area contributed by atoms with Gasteiger partial charge in [-0.1, -0.05) is 13.8 Å². The van der Waals surface area contributed by atoms with Crippen LogP contribution in [-0.2, 0) is 9.59 Å². The second kappa shape index (κ2) is 5.05. The fourth-order valence-electron chi connectivity index (χ4n) is 0.734. The highest BCUT2D eigenvalue weighted by molar-refractivity contribution is 5.92. The Bertz CT molecular complexity index is 138. The highest BCUT2D eigenvalue weighted by Crippen LogP contribution is 2.07. The smallest absolute Gasteiger partial charge is 0.142 e. The molecule has 0 rings (SSSR count). The topological polar surface area (TPSA) is 34.1 Å². The fourth-order valence-corrected chi connectivity index (χ4v) is 0.734. The largest absolute Gasteiger partial charge is 0.303 e. The van der Waals surface area contributed by atoms with Crippen LogP contribution in [0.15, 0.2) is 0 Å². The summed E-state index contributed by atoms with van der Waals surface area (Å²) in [5, 5.41) is 0. The molecule has 0 aromatic heterocycles. The Morgan fingerprint density at radius 2 is 1.91 bits per heavy atom. The predicted octanol–water partition coefficient (Wildman–Crippen LogP) is 1.83. The number of carbonyl (C=O) groups excluding carboxylic acids is 2. The van der Waals surface area contributed by atoms with Crippen molar-refractivity contribution in [3.63, 3.8) is 0 Å². The molecular formula is C9H16O2. The number of ketones is 1. The van der Waals surface area contributed by atoms with E-state index in [1.54, 1.807) is 6.92 Å². The molecule has 11 heavy (non-hydrogen) atoms. The van der Waals surface area contributed by atoms with Gasteiger partial charge in [0.2, 0.25) is 0 Å². The van der Waals surface area contributed by atoms with Gasteiger partial charge in [0, 0.05) is 6.42 Å². The Hall–Kier alpha value is -0.660. The molecule has 0 fully saturated rings. The standard InChI is InChI=1S/C9H16O2/c1-7(2)4-5-9(11)8(3)6-10/h6-8H,4-5H2,1-3H3. The molecule has 0 aromatic carbocycles. The highest BCUT2D eigenvalue weighted by Gasteiger charge is 2.11. The van der Waals surface area contributed by atoms with Gasteiger partial charge in [-0.3, -0.25) is 4.79 Å². The van der Waals surface area contributed by atoms with Crippen LogP contribution >= 0.6 is 0 Å². The molecule has 0 radical (unpaired) electrons. The third-order valence-corrected chi connectivity index (χ3v) is 1.68. The SMILES string of the molecule is CC(C)CCC(=O)C(C)C=O. The van der Waals surface area contributed by atoms with Crippen molar-refractivity contribution >= 4 is 12.1 Å². The molecule has 2 heteroatoms. The lowest BCUT2D eigenvalue weighted by atomic mass is 9.99. The van der Waals surface area contributed by atoms with E-state index in [0.29, 0.717) is 18.6 Å². The molecule has 0 amide bonds. The van der Waals surface area contributed by atoms with E-state index in [2.05, 4.69) is 13.8 Å². The molecule has 0 heterocycles. The third-order valence-electron chi connectivity index (χ3n) is 1.68. The van der Waals surface area contributed by atoms with Crippen molar-refractivity contribution in [2.45, 2.75) is 33.6 Å². The normalized spacial score (nSPS) is 13.1. The van der Waals surface area contributed by atoms with E-state index in [9.17, 15) is 9.59 Å². The summed E-state index contributed by atoms with van der Waals surface area (Å²) in [6.07, 6.45) is 2.14. The summed E-state index contributed by atoms with van der Waals surface area (Å²) in [5.41, 5.74) is 0. The van der Waals surface area contributed by atoms with Crippen molar-refractivity contribution in [1.82, 2.24) is 0 Å². The zero-order valence-electron chi connectivity index (χ0n) is 7.46. The van der Waals surface area contributed by atoms with E-state index in [4.69, 9.17) is 0 Å². The zero-order chi connectivity index (χ0) is 8.85. The van der Waals surface area contributed by atoms with Gasteiger partial charge in [0.15, 0.2) is 0 Å². The van der Waals surface area contributed by atoms with Crippen molar-refractivity contribution in [3.8, 4) is 0 Å². The first-order valence-electron chi connectivity index (χ1n) is 4.06. The lowest BCUT2D eigenvalue weighted by Crippen LogP contribution is -2.12. The number of carbonyl (C=O) groups is 2. The van der Waals surface area contributed by atoms with Crippen LogP contribution in [0.4, 0.5) is 0 Å². The average molecular weight is 156 g/mol. The van der Waals surface area contributed by atoms with Crippen molar-refractivity contribution in [1.29, 1.82) is 0 Å². The monoisotopic (exact) mass is 156 g/mol. The van der Waals surface area contributed by atoms with Crippen LogP contribution < -0.4 is 0 Å². The number of rotatable bonds is 5. The third kappa shape index (κ3) is 4.71. The number of hydrogen-bond donors (Lipinski definition) is 0. The predicted molar refractivity (Wildman–Crippen MR) is 44.3 cm³/mol. The van der Waals surface area contributed by atoms with Crippen LogP contribution in [0.5, 0.6) is 0 Å². The second-order valence-corrected chi connectivity index (χ2v) is 3.32. The summed E-state index contributed by atoms with van der Waals surface area (Å²) in [6, 6.07) is 0. The Morgan fingerprint density at radius 1 is 1.36 bits per heavy atom. The van der Waals surface area contributed by atoms with Gasteiger partial charge in [0.05, 0.1) is 5.92 Å². The van der Waals surface area contributed by atoms with E-state index in [0.717, 1.165) is 6.42 Å². The molecule has 0 N–H and O–H groups in total. The van der Waals surface area contributed by atoms with Crippen LogP contribution in [0.1, 0.15) is 33.6 Å². The first-order chi connectivity index (χ1) is 5.07. The van der Waals surface area contributed by atoms with Crippen LogP contribution in [-0.4, -0.2) is 12.1 Å². The molecule has 0 spiro atoms. The molecule has 0 aliphatic rings. The summed E-state index contributed by atoms with van der Waals surface area (Å²) in [6.45, 7) is 5.79.